The van der Waals surface area contributed by atoms with E-state index in [1.807, 2.05) is 0 Å². The number of hydrogen-bond acceptors (Lipinski definition) is 3. The maximum atomic E-state index is 4.72. The zero-order chi connectivity index (χ0) is 12.8. The molecule has 0 saturated heterocycles. The second-order valence-corrected chi connectivity index (χ2v) is 7.21. The van der Waals surface area contributed by atoms with Gasteiger partial charge in [-0.15, -0.1) is 0 Å². The molecule has 0 spiro atoms. The van der Waals surface area contributed by atoms with Crippen LogP contribution in [0.5, 0.6) is 0 Å². The molecule has 2 aromatic rings. The number of nitrogens with zero attached hydrogens (tertiary/aromatic N) is 2. The van der Waals surface area contributed by atoms with Gasteiger partial charge in [0.25, 0.3) is 0 Å². The van der Waals surface area contributed by atoms with Crippen molar-refractivity contribution in [2.75, 3.05) is 6.54 Å². The molecule has 5 heteroatoms. The lowest BCUT2D eigenvalue weighted by Gasteiger charge is -2.26. The average molecular weight is 385 g/mol. The van der Waals surface area contributed by atoms with Crippen molar-refractivity contribution >= 4 is 41.4 Å². The lowest BCUT2D eigenvalue weighted by Crippen LogP contribution is -2.24. The predicted octanol–water partition coefficient (Wildman–Crippen LogP) is 3.80. The van der Waals surface area contributed by atoms with Crippen molar-refractivity contribution in [3.8, 4) is 0 Å². The average Bonchev–Trinajstić information content (AvgIpc) is 2.76. The summed E-state index contributed by atoms with van der Waals surface area (Å²) in [5.41, 5.74) is 5.67. The summed E-state index contributed by atoms with van der Waals surface area (Å²) in [5, 5.41) is 4.92. The molecule has 19 heavy (non-hydrogen) atoms. The van der Waals surface area contributed by atoms with Crippen LogP contribution in [-0.4, -0.2) is 15.5 Å². The smallest absolute Gasteiger partial charge is 0.151 e. The monoisotopic (exact) mass is 385 g/mol. The molecule has 3 heterocycles. The van der Waals surface area contributed by atoms with Crippen molar-refractivity contribution in [1.82, 2.24) is 14.3 Å². The molecule has 1 saturated carbocycles. The van der Waals surface area contributed by atoms with Gasteiger partial charge in [0.05, 0.1) is 0 Å². The van der Waals surface area contributed by atoms with E-state index in [1.165, 1.54) is 35.9 Å². The van der Waals surface area contributed by atoms with Crippen LogP contribution in [0.15, 0.2) is 12.4 Å². The van der Waals surface area contributed by atoms with Crippen LogP contribution in [0.4, 0.5) is 0 Å². The van der Waals surface area contributed by atoms with E-state index >= 15 is 0 Å². The maximum Gasteiger partial charge on any atom is 0.151 e. The molecule has 0 amide bonds. The Bertz CT molecular complexity index is 633. The Labute approximate surface area is 129 Å². The first-order valence-corrected chi connectivity index (χ1v) is 10.2. The third kappa shape index (κ3) is 1.93. The van der Waals surface area contributed by atoms with Gasteiger partial charge < -0.3 is 5.32 Å². The SMILES string of the molecule is ISn1cc(C2CCC2)c2c3c(cnc21)CNCC3. The third-order valence-electron chi connectivity index (χ3n) is 4.50. The van der Waals surface area contributed by atoms with E-state index in [4.69, 9.17) is 4.98 Å². The summed E-state index contributed by atoms with van der Waals surface area (Å²) in [6.07, 6.45) is 9.64. The van der Waals surface area contributed by atoms with Gasteiger partial charge in [-0.05, 0) is 48.4 Å². The fraction of sp³-hybridized carbons (Fsp3) is 0.500. The lowest BCUT2D eigenvalue weighted by atomic mass is 9.79. The highest BCUT2D eigenvalue weighted by molar-refractivity contribution is 14.2. The summed E-state index contributed by atoms with van der Waals surface area (Å²) in [4.78, 5) is 4.72. The zero-order valence-corrected chi connectivity index (χ0v) is 13.6. The molecule has 2 aromatic heterocycles. The van der Waals surface area contributed by atoms with E-state index in [-0.39, 0.29) is 0 Å². The molecule has 2 aliphatic rings. The molecule has 0 unspecified atom stereocenters. The molecule has 1 aliphatic heterocycles. The summed E-state index contributed by atoms with van der Waals surface area (Å²) in [6.45, 7) is 2.07. The molecular weight excluding hydrogens is 369 g/mol. The van der Waals surface area contributed by atoms with Crippen LogP contribution >= 0.6 is 30.3 Å². The van der Waals surface area contributed by atoms with Gasteiger partial charge in [-0.3, -0.25) is 3.97 Å². The molecule has 100 valence electrons. The van der Waals surface area contributed by atoms with Gasteiger partial charge in [0.15, 0.2) is 5.65 Å². The molecule has 0 bridgehead atoms. The number of hydrogen-bond donors (Lipinski definition) is 1. The van der Waals surface area contributed by atoms with Crippen molar-refractivity contribution in [2.45, 2.75) is 38.1 Å². The number of pyridine rings is 1. The Hall–Kier alpha value is -0.270. The second kappa shape index (κ2) is 4.93. The summed E-state index contributed by atoms with van der Waals surface area (Å²) in [7, 11) is 1.73. The highest BCUT2D eigenvalue weighted by Gasteiger charge is 2.27. The number of aromatic nitrogens is 2. The molecule has 0 aromatic carbocycles. The topological polar surface area (TPSA) is 29.9 Å². The van der Waals surface area contributed by atoms with Crippen LogP contribution in [-0.2, 0) is 13.0 Å². The fourth-order valence-corrected chi connectivity index (χ4v) is 4.51. The van der Waals surface area contributed by atoms with Gasteiger partial charge >= 0.3 is 0 Å². The summed E-state index contributed by atoms with van der Waals surface area (Å²) >= 11 is 2.35. The van der Waals surface area contributed by atoms with Crippen molar-refractivity contribution in [3.05, 3.63) is 29.1 Å². The largest absolute Gasteiger partial charge is 0.312 e. The number of nitrogens with one attached hydrogen (secondary N) is 1. The lowest BCUT2D eigenvalue weighted by molar-refractivity contribution is 0.422. The maximum absolute atomic E-state index is 4.72. The summed E-state index contributed by atoms with van der Waals surface area (Å²) in [6, 6.07) is 0. The standard InChI is InChI=1S/C14H16IN3S/c15-19-18-8-12(9-2-1-3-9)13-11-4-5-16-6-10(11)7-17-14(13)18/h7-9,16H,1-6H2. The molecule has 1 aliphatic carbocycles. The zero-order valence-electron chi connectivity index (χ0n) is 10.7. The van der Waals surface area contributed by atoms with Crippen LogP contribution in [0.3, 0.4) is 0 Å². The second-order valence-electron chi connectivity index (χ2n) is 5.49. The van der Waals surface area contributed by atoms with Gasteiger partial charge in [0.1, 0.15) is 0 Å². The summed E-state index contributed by atoms with van der Waals surface area (Å²) in [5.74, 6) is 0.774. The molecule has 3 nitrogen and oxygen atoms in total. The van der Waals surface area contributed by atoms with Crippen molar-refractivity contribution in [1.29, 1.82) is 0 Å². The molecule has 1 fully saturated rings. The van der Waals surface area contributed by atoms with Crippen LogP contribution in [0.1, 0.15) is 41.9 Å². The molecule has 4 rings (SSSR count). The Morgan fingerprint density at radius 2 is 2.32 bits per heavy atom. The minimum absolute atomic E-state index is 0.774. The first-order chi connectivity index (χ1) is 9.38. The van der Waals surface area contributed by atoms with E-state index in [9.17, 15) is 0 Å². The minimum atomic E-state index is 0.774. The highest BCUT2D eigenvalue weighted by atomic mass is 127. The quantitative estimate of drug-likeness (QED) is 0.798. The van der Waals surface area contributed by atoms with Crippen molar-refractivity contribution in [3.63, 3.8) is 0 Å². The number of halogens is 1. The van der Waals surface area contributed by atoms with Crippen molar-refractivity contribution < 1.29 is 0 Å². The Kier molecular flexibility index (Phi) is 3.23. The van der Waals surface area contributed by atoms with Gasteiger partial charge in [-0.1, -0.05) is 6.42 Å². The van der Waals surface area contributed by atoms with E-state index in [0.29, 0.717) is 0 Å². The molecule has 0 atom stereocenters. The normalized spacial score (nSPS) is 19.4. The minimum Gasteiger partial charge on any atom is -0.312 e. The van der Waals surface area contributed by atoms with Gasteiger partial charge in [-0.25, -0.2) is 4.98 Å². The Balaban J connectivity index is 1.99. The first kappa shape index (κ1) is 12.5. The Morgan fingerprint density at radius 1 is 1.42 bits per heavy atom. The predicted molar refractivity (Wildman–Crippen MR) is 88.7 cm³/mol. The third-order valence-corrected chi connectivity index (χ3v) is 6.20. The molecular formula is C14H16IN3S. The molecule has 0 radical (unpaired) electrons. The molecule has 1 N–H and O–H groups in total. The van der Waals surface area contributed by atoms with E-state index in [1.54, 1.807) is 20.2 Å². The first-order valence-electron chi connectivity index (χ1n) is 6.90. The number of fused-ring (bicyclic) bond motifs is 3. The van der Waals surface area contributed by atoms with Crippen LogP contribution in [0.2, 0.25) is 0 Å². The Morgan fingerprint density at radius 3 is 3.05 bits per heavy atom. The fourth-order valence-electron chi connectivity index (χ4n) is 3.26. The van der Waals surface area contributed by atoms with E-state index in [0.717, 1.165) is 25.4 Å². The van der Waals surface area contributed by atoms with Gasteiger partial charge in [-0.2, -0.15) is 0 Å². The van der Waals surface area contributed by atoms with Gasteiger partial charge in [0.2, 0.25) is 0 Å². The summed E-state index contributed by atoms with van der Waals surface area (Å²) < 4.78 is 2.24. The van der Waals surface area contributed by atoms with Crippen LogP contribution < -0.4 is 5.32 Å². The van der Waals surface area contributed by atoms with Crippen molar-refractivity contribution in [2.24, 2.45) is 0 Å². The number of rotatable bonds is 2. The van der Waals surface area contributed by atoms with Crippen LogP contribution in [0, 0.1) is 0 Å². The van der Waals surface area contributed by atoms with E-state index < -0.39 is 0 Å². The van der Waals surface area contributed by atoms with Crippen LogP contribution in [0.25, 0.3) is 11.0 Å². The van der Waals surface area contributed by atoms with E-state index in [2.05, 4.69) is 42.9 Å². The highest BCUT2D eigenvalue weighted by Crippen LogP contribution is 2.43. The van der Waals surface area contributed by atoms with Gasteiger partial charge in [0, 0.05) is 54.6 Å².